The van der Waals surface area contributed by atoms with Crippen LogP contribution in [0.25, 0.3) is 0 Å². The summed E-state index contributed by atoms with van der Waals surface area (Å²) in [5.74, 6) is 0.986. The number of ether oxygens (including phenoxy) is 1. The van der Waals surface area contributed by atoms with E-state index in [4.69, 9.17) is 4.74 Å². The maximum absolute atomic E-state index is 5.89. The predicted molar refractivity (Wildman–Crippen MR) is 84.2 cm³/mol. The van der Waals surface area contributed by atoms with Gasteiger partial charge in [-0.3, -0.25) is 0 Å². The normalized spacial score (nSPS) is 15.9. The highest BCUT2D eigenvalue weighted by Crippen LogP contribution is 2.22. The molecule has 0 amide bonds. The summed E-state index contributed by atoms with van der Waals surface area (Å²) in [5.41, 5.74) is 1.29. The van der Waals surface area contributed by atoms with E-state index >= 15 is 0 Å². The van der Waals surface area contributed by atoms with Crippen LogP contribution in [0.2, 0.25) is 0 Å². The summed E-state index contributed by atoms with van der Waals surface area (Å²) in [6.07, 6.45) is 5.49. The molecule has 3 nitrogen and oxygen atoms in total. The molecule has 0 unspecified atom stereocenters. The van der Waals surface area contributed by atoms with Gasteiger partial charge in [0, 0.05) is 19.1 Å². The zero-order valence-corrected chi connectivity index (χ0v) is 12.9. The van der Waals surface area contributed by atoms with Crippen LogP contribution in [-0.4, -0.2) is 37.7 Å². The van der Waals surface area contributed by atoms with Crippen LogP contribution >= 0.6 is 0 Å². The fourth-order valence-corrected chi connectivity index (χ4v) is 2.85. The van der Waals surface area contributed by atoms with Crippen molar-refractivity contribution >= 4 is 0 Å². The van der Waals surface area contributed by atoms with Gasteiger partial charge in [-0.1, -0.05) is 31.9 Å². The predicted octanol–water partition coefficient (Wildman–Crippen LogP) is 3.05. The molecule has 1 saturated carbocycles. The Kier molecular flexibility index (Phi) is 6.34. The van der Waals surface area contributed by atoms with E-state index in [0.29, 0.717) is 0 Å². The van der Waals surface area contributed by atoms with Gasteiger partial charge in [-0.2, -0.15) is 0 Å². The lowest BCUT2D eigenvalue weighted by atomic mass is 10.2. The molecular weight excluding hydrogens is 248 g/mol. The van der Waals surface area contributed by atoms with E-state index in [0.717, 1.165) is 38.0 Å². The monoisotopic (exact) mass is 276 g/mol. The molecule has 1 aliphatic carbocycles. The largest absolute Gasteiger partial charge is 0.492 e. The average Bonchev–Trinajstić information content (AvgIpc) is 3.00. The Labute approximate surface area is 123 Å². The SMILES string of the molecule is CCNCc1cccc(OCCN(C)C2CCCC2)c1. The van der Waals surface area contributed by atoms with Gasteiger partial charge in [-0.15, -0.1) is 0 Å². The minimum Gasteiger partial charge on any atom is -0.492 e. The van der Waals surface area contributed by atoms with Gasteiger partial charge in [-0.25, -0.2) is 0 Å². The summed E-state index contributed by atoms with van der Waals surface area (Å²) < 4.78 is 5.89. The van der Waals surface area contributed by atoms with Crippen molar-refractivity contribution in [1.82, 2.24) is 10.2 Å². The van der Waals surface area contributed by atoms with Gasteiger partial charge in [-0.05, 0) is 44.1 Å². The lowest BCUT2D eigenvalue weighted by Gasteiger charge is -2.23. The fourth-order valence-electron chi connectivity index (χ4n) is 2.85. The molecule has 0 radical (unpaired) electrons. The van der Waals surface area contributed by atoms with Crippen molar-refractivity contribution in [3.63, 3.8) is 0 Å². The Bertz CT molecular complexity index is 388. The molecule has 0 saturated heterocycles. The van der Waals surface area contributed by atoms with Crippen molar-refractivity contribution < 1.29 is 4.74 Å². The first-order valence-corrected chi connectivity index (χ1v) is 7.92. The first kappa shape index (κ1) is 15.3. The Morgan fingerprint density at radius 1 is 1.30 bits per heavy atom. The smallest absolute Gasteiger partial charge is 0.119 e. The first-order valence-electron chi connectivity index (χ1n) is 7.92. The van der Waals surface area contributed by atoms with Crippen LogP contribution in [-0.2, 0) is 6.54 Å². The Morgan fingerprint density at radius 2 is 2.10 bits per heavy atom. The van der Waals surface area contributed by atoms with Crippen LogP contribution in [0, 0.1) is 0 Å². The second-order valence-corrected chi connectivity index (χ2v) is 5.70. The van der Waals surface area contributed by atoms with E-state index in [9.17, 15) is 0 Å². The number of hydrogen-bond acceptors (Lipinski definition) is 3. The summed E-state index contributed by atoms with van der Waals surface area (Å²) >= 11 is 0. The molecule has 0 spiro atoms. The van der Waals surface area contributed by atoms with Gasteiger partial charge in [0.1, 0.15) is 12.4 Å². The third-order valence-corrected chi connectivity index (χ3v) is 4.14. The summed E-state index contributed by atoms with van der Waals surface area (Å²) in [6, 6.07) is 9.17. The molecule has 20 heavy (non-hydrogen) atoms. The molecular formula is C17H28N2O. The number of hydrogen-bond donors (Lipinski definition) is 1. The van der Waals surface area contributed by atoms with E-state index < -0.39 is 0 Å². The molecule has 1 fully saturated rings. The molecule has 0 bridgehead atoms. The van der Waals surface area contributed by atoms with E-state index in [2.05, 4.69) is 42.4 Å². The van der Waals surface area contributed by atoms with Crippen molar-refractivity contribution in [2.24, 2.45) is 0 Å². The van der Waals surface area contributed by atoms with E-state index in [1.165, 1.54) is 31.2 Å². The van der Waals surface area contributed by atoms with Crippen LogP contribution in [0.1, 0.15) is 38.2 Å². The van der Waals surface area contributed by atoms with Crippen LogP contribution in [0.15, 0.2) is 24.3 Å². The molecule has 3 heteroatoms. The van der Waals surface area contributed by atoms with Crippen molar-refractivity contribution in [2.75, 3.05) is 26.7 Å². The Hall–Kier alpha value is -1.06. The second kappa shape index (κ2) is 8.28. The molecule has 1 aliphatic rings. The third-order valence-electron chi connectivity index (χ3n) is 4.14. The second-order valence-electron chi connectivity index (χ2n) is 5.70. The van der Waals surface area contributed by atoms with Gasteiger partial charge in [0.2, 0.25) is 0 Å². The van der Waals surface area contributed by atoms with Gasteiger partial charge in [0.05, 0.1) is 0 Å². The highest BCUT2D eigenvalue weighted by atomic mass is 16.5. The van der Waals surface area contributed by atoms with Crippen molar-refractivity contribution in [2.45, 2.75) is 45.2 Å². The van der Waals surface area contributed by atoms with Gasteiger partial charge >= 0.3 is 0 Å². The van der Waals surface area contributed by atoms with Crippen LogP contribution in [0.4, 0.5) is 0 Å². The Balaban J connectivity index is 1.72. The molecule has 112 valence electrons. The third kappa shape index (κ3) is 4.80. The summed E-state index contributed by atoms with van der Waals surface area (Å²) in [6.45, 7) is 5.83. The molecule has 1 aromatic rings. The lowest BCUT2D eigenvalue weighted by molar-refractivity contribution is 0.193. The van der Waals surface area contributed by atoms with Gasteiger partial charge in [0.15, 0.2) is 0 Å². The van der Waals surface area contributed by atoms with Crippen LogP contribution in [0.3, 0.4) is 0 Å². The lowest BCUT2D eigenvalue weighted by Crippen LogP contribution is -2.32. The van der Waals surface area contributed by atoms with Crippen molar-refractivity contribution in [3.8, 4) is 5.75 Å². The molecule has 0 aromatic heterocycles. The Morgan fingerprint density at radius 3 is 2.85 bits per heavy atom. The zero-order chi connectivity index (χ0) is 14.2. The fraction of sp³-hybridized carbons (Fsp3) is 0.647. The van der Waals surface area contributed by atoms with E-state index in [-0.39, 0.29) is 0 Å². The average molecular weight is 276 g/mol. The quantitative estimate of drug-likeness (QED) is 0.790. The van der Waals surface area contributed by atoms with Gasteiger partial charge in [0.25, 0.3) is 0 Å². The summed E-state index contributed by atoms with van der Waals surface area (Å²) in [5, 5.41) is 3.34. The van der Waals surface area contributed by atoms with Crippen molar-refractivity contribution in [1.29, 1.82) is 0 Å². The van der Waals surface area contributed by atoms with Crippen molar-refractivity contribution in [3.05, 3.63) is 29.8 Å². The summed E-state index contributed by atoms with van der Waals surface area (Å²) in [7, 11) is 2.22. The molecule has 2 rings (SSSR count). The molecule has 0 heterocycles. The number of likely N-dealkylation sites (N-methyl/N-ethyl adjacent to an activating group) is 1. The summed E-state index contributed by atoms with van der Waals surface area (Å²) in [4.78, 5) is 2.45. The number of rotatable bonds is 8. The number of nitrogens with zero attached hydrogens (tertiary/aromatic N) is 1. The molecule has 1 aromatic carbocycles. The number of benzene rings is 1. The maximum atomic E-state index is 5.89. The molecule has 1 N–H and O–H groups in total. The van der Waals surface area contributed by atoms with Gasteiger partial charge < -0.3 is 15.0 Å². The van der Waals surface area contributed by atoms with E-state index in [1.54, 1.807) is 0 Å². The van der Waals surface area contributed by atoms with Crippen LogP contribution in [0.5, 0.6) is 5.75 Å². The minimum absolute atomic E-state index is 0.775. The minimum atomic E-state index is 0.775. The topological polar surface area (TPSA) is 24.5 Å². The molecule has 0 atom stereocenters. The number of nitrogens with one attached hydrogen (secondary N) is 1. The standard InChI is InChI=1S/C17H28N2O/c1-3-18-14-15-7-6-10-17(13-15)20-12-11-19(2)16-8-4-5-9-16/h6-7,10,13,16,18H,3-5,8-9,11-12,14H2,1-2H3. The zero-order valence-electron chi connectivity index (χ0n) is 12.9. The highest BCUT2D eigenvalue weighted by Gasteiger charge is 2.18. The maximum Gasteiger partial charge on any atom is 0.119 e. The van der Waals surface area contributed by atoms with Crippen LogP contribution < -0.4 is 10.1 Å². The first-order chi connectivity index (χ1) is 9.79. The van der Waals surface area contributed by atoms with E-state index in [1.807, 2.05) is 6.07 Å². The molecule has 0 aliphatic heterocycles. The highest BCUT2D eigenvalue weighted by molar-refractivity contribution is 5.28.